The highest BCUT2D eigenvalue weighted by Crippen LogP contribution is 2.40. The van der Waals surface area contributed by atoms with Crippen LogP contribution in [0.5, 0.6) is 5.75 Å². The first-order chi connectivity index (χ1) is 9.28. The van der Waals surface area contributed by atoms with Crippen molar-refractivity contribution in [2.24, 2.45) is 11.3 Å². The fourth-order valence-corrected chi connectivity index (χ4v) is 3.49. The van der Waals surface area contributed by atoms with Crippen LogP contribution in [0.2, 0.25) is 0 Å². The van der Waals surface area contributed by atoms with Crippen molar-refractivity contribution in [3.05, 3.63) is 29.3 Å². The summed E-state index contributed by atoms with van der Waals surface area (Å²) in [5.74, 6) is 0.225. The number of carboxylic acid groups (broad SMARTS) is 1. The average molecular weight is 276 g/mol. The predicted molar refractivity (Wildman–Crippen MR) is 79.4 cm³/mol. The molecule has 2 atom stereocenters. The number of para-hydroxylation sites is 1. The summed E-state index contributed by atoms with van der Waals surface area (Å²) in [7, 11) is 0. The minimum absolute atomic E-state index is 0.105. The third-order valence-electron chi connectivity index (χ3n) is 4.07. The Kier molecular flexibility index (Phi) is 4.07. The first-order valence-corrected chi connectivity index (χ1v) is 7.28. The maximum Gasteiger partial charge on any atom is 0.339 e. The molecule has 2 unspecified atom stereocenters. The van der Waals surface area contributed by atoms with E-state index >= 15 is 0 Å². The Morgan fingerprint density at radius 2 is 2.05 bits per heavy atom. The molecule has 1 aliphatic rings. The van der Waals surface area contributed by atoms with Crippen LogP contribution in [0.25, 0.3) is 0 Å². The molecule has 3 heteroatoms. The lowest BCUT2D eigenvalue weighted by atomic mass is 9.71. The van der Waals surface area contributed by atoms with Gasteiger partial charge in [0.2, 0.25) is 0 Å². The Morgan fingerprint density at radius 3 is 2.65 bits per heavy atom. The largest absolute Gasteiger partial charge is 0.489 e. The van der Waals surface area contributed by atoms with Gasteiger partial charge in [0.05, 0.1) is 6.10 Å². The van der Waals surface area contributed by atoms with Crippen molar-refractivity contribution in [3.8, 4) is 5.75 Å². The molecule has 0 aromatic heterocycles. The van der Waals surface area contributed by atoms with Crippen molar-refractivity contribution in [2.45, 2.75) is 53.1 Å². The van der Waals surface area contributed by atoms with Crippen molar-refractivity contribution >= 4 is 5.97 Å². The zero-order valence-corrected chi connectivity index (χ0v) is 12.8. The van der Waals surface area contributed by atoms with E-state index in [4.69, 9.17) is 4.74 Å². The second-order valence-electron chi connectivity index (χ2n) is 6.91. The molecule has 0 amide bonds. The van der Waals surface area contributed by atoms with Gasteiger partial charge in [0.1, 0.15) is 11.3 Å². The van der Waals surface area contributed by atoms with Gasteiger partial charge in [-0.25, -0.2) is 4.79 Å². The maximum absolute atomic E-state index is 11.3. The Hall–Kier alpha value is -1.51. The van der Waals surface area contributed by atoms with Gasteiger partial charge in [0.15, 0.2) is 0 Å². The molecule has 0 heterocycles. The number of hydrogen-bond donors (Lipinski definition) is 1. The van der Waals surface area contributed by atoms with Gasteiger partial charge in [-0.2, -0.15) is 0 Å². The molecular formula is C17H24O3. The van der Waals surface area contributed by atoms with Gasteiger partial charge in [0, 0.05) is 0 Å². The third kappa shape index (κ3) is 3.33. The van der Waals surface area contributed by atoms with E-state index in [2.05, 4.69) is 20.8 Å². The lowest BCUT2D eigenvalue weighted by molar-refractivity contribution is 0.0528. The normalized spacial score (nSPS) is 25.2. The van der Waals surface area contributed by atoms with E-state index in [9.17, 15) is 9.90 Å². The zero-order chi connectivity index (χ0) is 14.9. The Labute approximate surface area is 121 Å². The number of aromatic carboxylic acids is 1. The fraction of sp³-hybridized carbons (Fsp3) is 0.588. The number of carboxylic acids is 1. The number of rotatable bonds is 3. The van der Waals surface area contributed by atoms with Crippen LogP contribution < -0.4 is 4.74 Å². The minimum Gasteiger partial charge on any atom is -0.489 e. The first-order valence-electron chi connectivity index (χ1n) is 7.28. The molecule has 3 nitrogen and oxygen atoms in total. The van der Waals surface area contributed by atoms with Crippen LogP contribution in [0, 0.1) is 18.3 Å². The second kappa shape index (κ2) is 5.47. The molecule has 1 aromatic carbocycles. The summed E-state index contributed by atoms with van der Waals surface area (Å²) in [6, 6.07) is 5.28. The molecule has 1 N–H and O–H groups in total. The van der Waals surface area contributed by atoms with Gasteiger partial charge in [-0.3, -0.25) is 0 Å². The predicted octanol–water partition coefficient (Wildman–Crippen LogP) is 4.29. The van der Waals surface area contributed by atoms with Crippen molar-refractivity contribution in [3.63, 3.8) is 0 Å². The highest BCUT2D eigenvalue weighted by atomic mass is 16.5. The van der Waals surface area contributed by atoms with E-state index in [-0.39, 0.29) is 17.1 Å². The highest BCUT2D eigenvalue weighted by Gasteiger charge is 2.33. The number of benzene rings is 1. The molecule has 1 saturated carbocycles. The summed E-state index contributed by atoms with van der Waals surface area (Å²) in [5, 5.41) is 9.29. The van der Waals surface area contributed by atoms with Gasteiger partial charge in [-0.15, -0.1) is 0 Å². The lowest BCUT2D eigenvalue weighted by Gasteiger charge is -2.39. The van der Waals surface area contributed by atoms with E-state index in [0.29, 0.717) is 11.7 Å². The molecule has 110 valence electrons. The standard InChI is InChI=1S/C17H24O3/c1-11-8-13(10-17(3,4)9-11)20-15-12(2)6-5-7-14(15)16(18)19/h5-7,11,13H,8-10H2,1-4H3,(H,18,19). The number of hydrogen-bond acceptors (Lipinski definition) is 2. The zero-order valence-electron chi connectivity index (χ0n) is 12.8. The van der Waals surface area contributed by atoms with E-state index in [1.165, 1.54) is 6.42 Å². The lowest BCUT2D eigenvalue weighted by Crippen LogP contribution is -2.34. The Bertz CT molecular complexity index is 505. The van der Waals surface area contributed by atoms with Crippen LogP contribution in [-0.4, -0.2) is 17.2 Å². The van der Waals surface area contributed by atoms with Gasteiger partial charge in [-0.1, -0.05) is 32.9 Å². The summed E-state index contributed by atoms with van der Waals surface area (Å²) in [4.78, 5) is 11.3. The maximum atomic E-state index is 11.3. The van der Waals surface area contributed by atoms with Gasteiger partial charge in [-0.05, 0) is 49.1 Å². The van der Waals surface area contributed by atoms with E-state index in [1.807, 2.05) is 13.0 Å². The number of aryl methyl sites for hydroxylation is 1. The van der Waals surface area contributed by atoms with Crippen molar-refractivity contribution in [1.82, 2.24) is 0 Å². The summed E-state index contributed by atoms with van der Waals surface area (Å²) in [5.41, 5.74) is 1.41. The molecule has 1 fully saturated rings. The van der Waals surface area contributed by atoms with Gasteiger partial charge >= 0.3 is 5.97 Å². The van der Waals surface area contributed by atoms with Gasteiger partial charge < -0.3 is 9.84 Å². The third-order valence-corrected chi connectivity index (χ3v) is 4.07. The fourth-order valence-electron chi connectivity index (χ4n) is 3.49. The second-order valence-corrected chi connectivity index (χ2v) is 6.91. The van der Waals surface area contributed by atoms with E-state index in [0.717, 1.165) is 18.4 Å². The molecule has 0 spiro atoms. The van der Waals surface area contributed by atoms with Crippen molar-refractivity contribution < 1.29 is 14.6 Å². The van der Waals surface area contributed by atoms with Crippen molar-refractivity contribution in [1.29, 1.82) is 0 Å². The van der Waals surface area contributed by atoms with E-state index < -0.39 is 5.97 Å². The molecule has 1 aliphatic carbocycles. The molecule has 0 saturated heterocycles. The van der Waals surface area contributed by atoms with Crippen LogP contribution >= 0.6 is 0 Å². The molecular weight excluding hydrogens is 252 g/mol. The minimum atomic E-state index is -0.924. The van der Waals surface area contributed by atoms with Crippen LogP contribution in [0.1, 0.15) is 56.0 Å². The molecule has 2 rings (SSSR count). The molecule has 20 heavy (non-hydrogen) atoms. The number of ether oxygens (including phenoxy) is 1. The monoisotopic (exact) mass is 276 g/mol. The summed E-state index contributed by atoms with van der Waals surface area (Å²) in [6.45, 7) is 8.66. The Balaban J connectivity index is 2.24. The average Bonchev–Trinajstić information content (AvgIpc) is 2.28. The molecule has 0 bridgehead atoms. The van der Waals surface area contributed by atoms with Crippen LogP contribution in [0.15, 0.2) is 18.2 Å². The smallest absolute Gasteiger partial charge is 0.339 e. The topological polar surface area (TPSA) is 46.5 Å². The Morgan fingerprint density at radius 1 is 1.35 bits per heavy atom. The first kappa shape index (κ1) is 14.9. The van der Waals surface area contributed by atoms with Crippen LogP contribution in [0.4, 0.5) is 0 Å². The molecule has 0 aliphatic heterocycles. The van der Waals surface area contributed by atoms with Crippen molar-refractivity contribution in [2.75, 3.05) is 0 Å². The quantitative estimate of drug-likeness (QED) is 0.896. The highest BCUT2D eigenvalue weighted by molar-refractivity contribution is 5.91. The SMILES string of the molecule is Cc1cccc(C(=O)O)c1OC1CC(C)CC(C)(C)C1. The summed E-state index contributed by atoms with van der Waals surface area (Å²) < 4.78 is 6.10. The molecule has 0 radical (unpaired) electrons. The number of carbonyl (C=O) groups is 1. The van der Waals surface area contributed by atoms with Gasteiger partial charge in [0.25, 0.3) is 0 Å². The van der Waals surface area contributed by atoms with E-state index in [1.54, 1.807) is 12.1 Å². The van der Waals surface area contributed by atoms with Crippen LogP contribution in [-0.2, 0) is 0 Å². The summed E-state index contributed by atoms with van der Waals surface area (Å²) in [6.07, 6.45) is 3.28. The van der Waals surface area contributed by atoms with Crippen LogP contribution in [0.3, 0.4) is 0 Å². The summed E-state index contributed by atoms with van der Waals surface area (Å²) >= 11 is 0. The molecule has 1 aromatic rings.